The van der Waals surface area contributed by atoms with Crippen molar-refractivity contribution in [2.24, 2.45) is 0 Å². The quantitative estimate of drug-likeness (QED) is 0.283. The van der Waals surface area contributed by atoms with Crippen molar-refractivity contribution in [3.8, 4) is 11.3 Å². The highest BCUT2D eigenvalue weighted by Gasteiger charge is 2.34. The van der Waals surface area contributed by atoms with Gasteiger partial charge in [0, 0.05) is 16.1 Å². The topological polar surface area (TPSA) is 77.2 Å². The Balaban J connectivity index is 1.79. The fourth-order valence-corrected chi connectivity index (χ4v) is 5.38. The zero-order valence-electron chi connectivity index (χ0n) is 17.1. The maximum Gasteiger partial charge on any atom is 0.216 e. The molecule has 5 nitrogen and oxygen atoms in total. The van der Waals surface area contributed by atoms with E-state index in [1.807, 2.05) is 30.3 Å². The molecule has 1 aromatic heterocycles. The van der Waals surface area contributed by atoms with Crippen molar-refractivity contribution in [2.75, 3.05) is 0 Å². The van der Waals surface area contributed by atoms with Crippen molar-refractivity contribution in [2.45, 2.75) is 9.79 Å². The number of halogens is 1. The molecular formula is C26H16ClNO4S. The lowest BCUT2D eigenvalue weighted by atomic mass is 10.0. The van der Waals surface area contributed by atoms with E-state index in [-0.39, 0.29) is 26.8 Å². The van der Waals surface area contributed by atoms with Crippen molar-refractivity contribution in [1.29, 1.82) is 0 Å². The van der Waals surface area contributed by atoms with E-state index in [2.05, 4.69) is 5.16 Å². The van der Waals surface area contributed by atoms with Gasteiger partial charge in [-0.05, 0) is 47.2 Å². The highest BCUT2D eigenvalue weighted by molar-refractivity contribution is 7.91. The zero-order chi connectivity index (χ0) is 23.0. The lowest BCUT2D eigenvalue weighted by Crippen LogP contribution is -2.11. The van der Waals surface area contributed by atoms with Crippen molar-refractivity contribution >= 4 is 38.0 Å². The van der Waals surface area contributed by atoms with Gasteiger partial charge in [-0.2, -0.15) is 0 Å². The molecule has 1 heterocycles. The minimum Gasteiger partial charge on any atom is -0.354 e. The first kappa shape index (κ1) is 21.1. The minimum absolute atomic E-state index is 0.0213. The van der Waals surface area contributed by atoms with Crippen LogP contribution in [-0.2, 0) is 9.84 Å². The normalized spacial score (nSPS) is 11.5. The highest BCUT2D eigenvalue weighted by atomic mass is 35.5. The second-order valence-electron chi connectivity index (χ2n) is 7.37. The average molecular weight is 474 g/mol. The molecule has 162 valence electrons. The van der Waals surface area contributed by atoms with Crippen LogP contribution < -0.4 is 0 Å². The summed E-state index contributed by atoms with van der Waals surface area (Å²) in [5, 5.41) is 6.10. The van der Waals surface area contributed by atoms with Crippen molar-refractivity contribution in [1.82, 2.24) is 5.16 Å². The van der Waals surface area contributed by atoms with Crippen LogP contribution in [0.3, 0.4) is 0 Å². The number of ketones is 1. The first-order valence-electron chi connectivity index (χ1n) is 10.0. The van der Waals surface area contributed by atoms with Gasteiger partial charge >= 0.3 is 0 Å². The van der Waals surface area contributed by atoms with Crippen LogP contribution in [0.25, 0.3) is 22.1 Å². The van der Waals surface area contributed by atoms with E-state index in [4.69, 9.17) is 16.1 Å². The van der Waals surface area contributed by atoms with Gasteiger partial charge in [0.25, 0.3) is 0 Å². The molecule has 33 heavy (non-hydrogen) atoms. The van der Waals surface area contributed by atoms with Gasteiger partial charge < -0.3 is 4.52 Å². The number of hydrogen-bond acceptors (Lipinski definition) is 5. The van der Waals surface area contributed by atoms with E-state index < -0.39 is 15.6 Å². The Morgan fingerprint density at radius 1 is 0.788 bits per heavy atom. The standard InChI is InChI=1S/C26H16ClNO4S/c27-19-15-13-18(14-16-19)24(29)23-26(33(30,31)20-9-2-1-3-10-20)25(32-28-23)22-12-6-8-17-7-4-5-11-21(17)22/h1-16H. The van der Waals surface area contributed by atoms with Crippen LogP contribution in [0.4, 0.5) is 0 Å². The van der Waals surface area contributed by atoms with Crippen LogP contribution >= 0.6 is 11.6 Å². The Morgan fingerprint density at radius 2 is 1.45 bits per heavy atom. The predicted molar refractivity (Wildman–Crippen MR) is 126 cm³/mol. The number of hydrogen-bond donors (Lipinski definition) is 0. The second kappa shape index (κ2) is 8.31. The molecule has 0 unspecified atom stereocenters. The minimum atomic E-state index is -4.14. The Hall–Kier alpha value is -3.74. The van der Waals surface area contributed by atoms with E-state index in [1.165, 1.54) is 24.3 Å². The van der Waals surface area contributed by atoms with Crippen molar-refractivity contribution in [3.05, 3.63) is 113 Å². The van der Waals surface area contributed by atoms with Gasteiger partial charge in [0.05, 0.1) is 4.90 Å². The molecule has 0 spiro atoms. The van der Waals surface area contributed by atoms with Crippen LogP contribution in [0.2, 0.25) is 5.02 Å². The summed E-state index contributed by atoms with van der Waals surface area (Å²) in [5.74, 6) is -0.552. The van der Waals surface area contributed by atoms with Crippen LogP contribution in [0.15, 0.2) is 111 Å². The number of fused-ring (bicyclic) bond motifs is 1. The molecule has 4 aromatic carbocycles. The molecule has 0 amide bonds. The molecule has 7 heteroatoms. The van der Waals surface area contributed by atoms with Crippen molar-refractivity contribution in [3.63, 3.8) is 0 Å². The third-order valence-corrected chi connectivity index (χ3v) is 7.39. The third kappa shape index (κ3) is 3.73. The second-order valence-corrected chi connectivity index (χ2v) is 9.69. The molecule has 0 N–H and O–H groups in total. The summed E-state index contributed by atoms with van der Waals surface area (Å²) in [7, 11) is -4.14. The fraction of sp³-hybridized carbons (Fsp3) is 0. The molecule has 0 atom stereocenters. The number of aromatic nitrogens is 1. The summed E-state index contributed by atoms with van der Waals surface area (Å²) in [6.07, 6.45) is 0. The van der Waals surface area contributed by atoms with Crippen LogP contribution in [0.1, 0.15) is 16.1 Å². The van der Waals surface area contributed by atoms with Gasteiger partial charge in [0.15, 0.2) is 16.3 Å². The molecule has 0 saturated heterocycles. The van der Waals surface area contributed by atoms with E-state index in [0.29, 0.717) is 10.6 Å². The molecule has 0 aliphatic rings. The van der Waals surface area contributed by atoms with Gasteiger partial charge in [-0.1, -0.05) is 77.4 Å². The fourth-order valence-electron chi connectivity index (χ4n) is 3.73. The number of sulfone groups is 1. The van der Waals surface area contributed by atoms with Crippen LogP contribution in [0, 0.1) is 0 Å². The number of nitrogens with zero attached hydrogens (tertiary/aromatic N) is 1. The summed E-state index contributed by atoms with van der Waals surface area (Å²) < 4.78 is 33.1. The summed E-state index contributed by atoms with van der Waals surface area (Å²) in [6.45, 7) is 0. The molecule has 5 rings (SSSR count). The highest BCUT2D eigenvalue weighted by Crippen LogP contribution is 2.38. The predicted octanol–water partition coefficient (Wildman–Crippen LogP) is 6.21. The maximum atomic E-state index is 13.8. The Labute approximate surface area is 195 Å². The SMILES string of the molecule is O=C(c1ccc(Cl)cc1)c1noc(-c2cccc3ccccc23)c1S(=O)(=O)c1ccccc1. The van der Waals surface area contributed by atoms with Crippen molar-refractivity contribution < 1.29 is 17.7 Å². The van der Waals surface area contributed by atoms with Crippen LogP contribution in [0.5, 0.6) is 0 Å². The summed E-state index contributed by atoms with van der Waals surface area (Å²) in [6, 6.07) is 27.1. The molecule has 0 aliphatic carbocycles. The average Bonchev–Trinajstić information content (AvgIpc) is 3.30. The van der Waals surface area contributed by atoms with E-state index in [0.717, 1.165) is 10.8 Å². The molecule has 0 saturated carbocycles. The molecule has 0 fully saturated rings. The largest absolute Gasteiger partial charge is 0.354 e. The maximum absolute atomic E-state index is 13.8. The number of benzene rings is 4. The Bertz CT molecular complexity index is 1590. The molecular weight excluding hydrogens is 458 g/mol. The van der Waals surface area contributed by atoms with Gasteiger partial charge in [-0.25, -0.2) is 8.42 Å². The number of carbonyl (C=O) groups is 1. The molecule has 5 aromatic rings. The summed E-state index contributed by atoms with van der Waals surface area (Å²) in [4.78, 5) is 13.1. The molecule has 0 radical (unpaired) electrons. The lowest BCUT2D eigenvalue weighted by molar-refractivity contribution is 0.102. The molecule has 0 aliphatic heterocycles. The monoisotopic (exact) mass is 473 g/mol. The first-order valence-corrected chi connectivity index (χ1v) is 11.9. The zero-order valence-corrected chi connectivity index (χ0v) is 18.7. The first-order chi connectivity index (χ1) is 16.0. The number of rotatable bonds is 5. The van der Waals surface area contributed by atoms with Gasteiger partial charge in [-0.15, -0.1) is 0 Å². The van der Waals surface area contributed by atoms with Gasteiger partial charge in [0.1, 0.15) is 0 Å². The van der Waals surface area contributed by atoms with E-state index in [1.54, 1.807) is 42.5 Å². The Kier molecular flexibility index (Phi) is 5.32. The number of carbonyl (C=O) groups excluding carboxylic acids is 1. The van der Waals surface area contributed by atoms with Crippen LogP contribution in [-0.4, -0.2) is 19.4 Å². The lowest BCUT2D eigenvalue weighted by Gasteiger charge is -2.08. The van der Waals surface area contributed by atoms with E-state index in [9.17, 15) is 13.2 Å². The smallest absolute Gasteiger partial charge is 0.216 e. The summed E-state index contributed by atoms with van der Waals surface area (Å²) >= 11 is 5.94. The van der Waals surface area contributed by atoms with Gasteiger partial charge in [0.2, 0.25) is 15.6 Å². The van der Waals surface area contributed by atoms with Gasteiger partial charge in [-0.3, -0.25) is 4.79 Å². The third-order valence-electron chi connectivity index (χ3n) is 5.33. The summed E-state index contributed by atoms with van der Waals surface area (Å²) in [5.41, 5.74) is 0.510. The Morgan fingerprint density at radius 3 is 2.21 bits per heavy atom. The van der Waals surface area contributed by atoms with E-state index >= 15 is 0 Å². The molecule has 0 bridgehead atoms.